The van der Waals surface area contributed by atoms with Crippen molar-refractivity contribution in [3.8, 4) is 6.07 Å². The SMILES string of the molecule is Cc1cc(C(C#N)C(=N)c2ccccc2C(N)=NCC2CCOCC2)ccn1. The molecule has 1 atom stereocenters. The predicted octanol–water partition coefficient (Wildman–Crippen LogP) is 3.20. The van der Waals surface area contributed by atoms with Gasteiger partial charge in [-0.3, -0.25) is 9.98 Å². The third kappa shape index (κ3) is 4.62. The number of nitriles is 1. The molecule has 0 radical (unpaired) electrons. The molecule has 0 amide bonds. The van der Waals surface area contributed by atoms with E-state index in [-0.39, 0.29) is 5.71 Å². The van der Waals surface area contributed by atoms with Crippen LogP contribution in [0.2, 0.25) is 0 Å². The van der Waals surface area contributed by atoms with Gasteiger partial charge in [0, 0.05) is 42.8 Å². The minimum absolute atomic E-state index is 0.216. The minimum Gasteiger partial charge on any atom is -0.383 e. The number of benzene rings is 1. The van der Waals surface area contributed by atoms with Crippen LogP contribution < -0.4 is 5.73 Å². The van der Waals surface area contributed by atoms with Crippen LogP contribution in [0, 0.1) is 29.6 Å². The Morgan fingerprint density at radius 2 is 2.04 bits per heavy atom. The highest BCUT2D eigenvalue weighted by molar-refractivity contribution is 6.13. The maximum Gasteiger partial charge on any atom is 0.126 e. The van der Waals surface area contributed by atoms with E-state index < -0.39 is 5.92 Å². The third-order valence-electron chi connectivity index (χ3n) is 5.03. The zero-order valence-corrected chi connectivity index (χ0v) is 16.1. The van der Waals surface area contributed by atoms with Crippen LogP contribution in [-0.4, -0.2) is 36.3 Å². The fourth-order valence-corrected chi connectivity index (χ4v) is 3.39. The van der Waals surface area contributed by atoms with Crippen molar-refractivity contribution < 1.29 is 4.74 Å². The highest BCUT2D eigenvalue weighted by atomic mass is 16.5. The number of pyridine rings is 1. The molecule has 3 N–H and O–H groups in total. The Labute approximate surface area is 165 Å². The smallest absolute Gasteiger partial charge is 0.126 e. The molecular weight excluding hydrogens is 350 g/mol. The molecule has 2 aromatic rings. The summed E-state index contributed by atoms with van der Waals surface area (Å²) >= 11 is 0. The van der Waals surface area contributed by atoms with Crippen LogP contribution in [0.3, 0.4) is 0 Å². The summed E-state index contributed by atoms with van der Waals surface area (Å²) in [6.45, 7) is 4.07. The number of ether oxygens (including phenoxy) is 1. The lowest BCUT2D eigenvalue weighted by Gasteiger charge is -2.20. The first kappa shape index (κ1) is 19.7. The van der Waals surface area contributed by atoms with Gasteiger partial charge >= 0.3 is 0 Å². The van der Waals surface area contributed by atoms with E-state index in [1.54, 1.807) is 12.3 Å². The number of amidine groups is 1. The zero-order chi connectivity index (χ0) is 19.9. The number of rotatable bonds is 6. The number of nitrogens with one attached hydrogen (secondary N) is 1. The second-order valence-corrected chi connectivity index (χ2v) is 7.03. The number of aliphatic imine (C=N–C) groups is 1. The summed E-state index contributed by atoms with van der Waals surface area (Å²) in [5.74, 6) is 0.200. The standard InChI is InChI=1S/C22H25N5O/c1-15-12-17(6-9-26-15)20(13-23)21(24)18-4-2-3-5-19(18)22(25)27-14-16-7-10-28-11-8-16/h2-6,9,12,16,20,24H,7-8,10-11,14H2,1H3,(H2,25,27). The second kappa shape index (κ2) is 9.25. The summed E-state index contributed by atoms with van der Waals surface area (Å²) in [4.78, 5) is 8.76. The minimum atomic E-state index is -0.689. The number of nitrogens with zero attached hydrogens (tertiary/aromatic N) is 3. The van der Waals surface area contributed by atoms with E-state index in [4.69, 9.17) is 15.9 Å². The molecule has 1 aromatic carbocycles. The van der Waals surface area contributed by atoms with E-state index in [2.05, 4.69) is 16.0 Å². The molecule has 1 aromatic heterocycles. The van der Waals surface area contributed by atoms with Crippen LogP contribution in [0.15, 0.2) is 47.6 Å². The van der Waals surface area contributed by atoms with Gasteiger partial charge in [0.15, 0.2) is 0 Å². The van der Waals surface area contributed by atoms with Gasteiger partial charge in [-0.25, -0.2) is 0 Å². The summed E-state index contributed by atoms with van der Waals surface area (Å²) in [6, 6.07) is 13.3. The van der Waals surface area contributed by atoms with Gasteiger partial charge in [0.2, 0.25) is 0 Å². The average Bonchev–Trinajstić information content (AvgIpc) is 2.73. The molecule has 3 rings (SSSR count). The van der Waals surface area contributed by atoms with E-state index in [0.717, 1.165) is 37.3 Å². The molecule has 0 bridgehead atoms. The maximum absolute atomic E-state index is 9.72. The first-order valence-corrected chi connectivity index (χ1v) is 9.48. The van der Waals surface area contributed by atoms with Gasteiger partial charge in [-0.2, -0.15) is 5.26 Å². The maximum atomic E-state index is 9.72. The number of hydrogen-bond acceptors (Lipinski definition) is 5. The van der Waals surface area contributed by atoms with E-state index in [9.17, 15) is 5.26 Å². The van der Waals surface area contributed by atoms with Crippen molar-refractivity contribution in [2.75, 3.05) is 19.8 Å². The largest absolute Gasteiger partial charge is 0.383 e. The Hall–Kier alpha value is -3.04. The van der Waals surface area contributed by atoms with Crippen molar-refractivity contribution in [3.63, 3.8) is 0 Å². The number of hydrogen-bond donors (Lipinski definition) is 2. The van der Waals surface area contributed by atoms with Gasteiger partial charge in [0.1, 0.15) is 11.8 Å². The monoisotopic (exact) mass is 375 g/mol. The third-order valence-corrected chi connectivity index (χ3v) is 5.03. The van der Waals surface area contributed by atoms with Crippen LogP contribution >= 0.6 is 0 Å². The van der Waals surface area contributed by atoms with Gasteiger partial charge in [0.05, 0.1) is 11.8 Å². The fraction of sp³-hybridized carbons (Fsp3) is 0.364. The second-order valence-electron chi connectivity index (χ2n) is 7.03. The van der Waals surface area contributed by atoms with E-state index in [1.807, 2.05) is 37.3 Å². The van der Waals surface area contributed by atoms with Gasteiger partial charge in [-0.15, -0.1) is 0 Å². The number of aromatic nitrogens is 1. The van der Waals surface area contributed by atoms with E-state index >= 15 is 0 Å². The molecule has 1 fully saturated rings. The Morgan fingerprint density at radius 1 is 1.32 bits per heavy atom. The summed E-state index contributed by atoms with van der Waals surface area (Å²) in [6.07, 6.45) is 3.65. The van der Waals surface area contributed by atoms with Crippen molar-refractivity contribution in [2.45, 2.75) is 25.7 Å². The average molecular weight is 375 g/mol. The lowest BCUT2D eigenvalue weighted by atomic mass is 9.89. The first-order chi connectivity index (χ1) is 13.6. The molecule has 1 aliphatic rings. The molecule has 6 nitrogen and oxygen atoms in total. The topological polar surface area (TPSA) is 108 Å². The Balaban J connectivity index is 1.86. The highest BCUT2D eigenvalue weighted by Crippen LogP contribution is 2.23. The quantitative estimate of drug-likeness (QED) is 0.597. The lowest BCUT2D eigenvalue weighted by molar-refractivity contribution is 0.0689. The van der Waals surface area contributed by atoms with Gasteiger partial charge in [-0.05, 0) is 43.4 Å². The van der Waals surface area contributed by atoms with Crippen LogP contribution in [0.1, 0.15) is 41.1 Å². The summed E-state index contributed by atoms with van der Waals surface area (Å²) in [5, 5.41) is 18.4. The van der Waals surface area contributed by atoms with Crippen molar-refractivity contribution in [1.82, 2.24) is 4.98 Å². The first-order valence-electron chi connectivity index (χ1n) is 9.48. The summed E-state index contributed by atoms with van der Waals surface area (Å²) < 4.78 is 5.39. The molecule has 0 aliphatic carbocycles. The Morgan fingerprint density at radius 3 is 2.71 bits per heavy atom. The highest BCUT2D eigenvalue weighted by Gasteiger charge is 2.22. The predicted molar refractivity (Wildman–Crippen MR) is 110 cm³/mol. The Kier molecular flexibility index (Phi) is 6.51. The summed E-state index contributed by atoms with van der Waals surface area (Å²) in [7, 11) is 0. The molecule has 144 valence electrons. The molecule has 0 saturated carbocycles. The molecule has 6 heteroatoms. The van der Waals surface area contributed by atoms with Gasteiger partial charge in [0.25, 0.3) is 0 Å². The lowest BCUT2D eigenvalue weighted by Crippen LogP contribution is -2.23. The molecule has 1 unspecified atom stereocenters. The van der Waals surface area contributed by atoms with Crippen LogP contribution in [-0.2, 0) is 4.74 Å². The molecule has 1 saturated heterocycles. The van der Waals surface area contributed by atoms with Crippen molar-refractivity contribution in [2.24, 2.45) is 16.6 Å². The normalized spacial score (nSPS) is 16.4. The van der Waals surface area contributed by atoms with Crippen molar-refractivity contribution in [1.29, 1.82) is 10.7 Å². The number of aryl methyl sites for hydroxylation is 1. The molecule has 1 aliphatic heterocycles. The molecule has 2 heterocycles. The van der Waals surface area contributed by atoms with Crippen molar-refractivity contribution >= 4 is 11.5 Å². The molecule has 28 heavy (non-hydrogen) atoms. The summed E-state index contributed by atoms with van der Waals surface area (Å²) in [5.41, 5.74) is 9.41. The van der Waals surface area contributed by atoms with Crippen LogP contribution in [0.5, 0.6) is 0 Å². The molecule has 0 spiro atoms. The van der Waals surface area contributed by atoms with E-state index in [1.165, 1.54) is 0 Å². The van der Waals surface area contributed by atoms with Gasteiger partial charge < -0.3 is 15.9 Å². The number of nitrogens with two attached hydrogens (primary N) is 1. The van der Waals surface area contributed by atoms with Crippen molar-refractivity contribution in [3.05, 3.63) is 65.0 Å². The fourth-order valence-electron chi connectivity index (χ4n) is 3.39. The zero-order valence-electron chi connectivity index (χ0n) is 16.1. The molecular formula is C22H25N5O. The Bertz CT molecular complexity index is 909. The van der Waals surface area contributed by atoms with E-state index in [0.29, 0.717) is 29.4 Å². The van der Waals surface area contributed by atoms with Gasteiger partial charge in [-0.1, -0.05) is 24.3 Å². The van der Waals surface area contributed by atoms with Crippen LogP contribution in [0.25, 0.3) is 0 Å². The van der Waals surface area contributed by atoms with Crippen LogP contribution in [0.4, 0.5) is 0 Å².